The van der Waals surface area contributed by atoms with Crippen molar-refractivity contribution in [2.75, 3.05) is 17.6 Å². The minimum atomic E-state index is -0.989. The average molecular weight is 590 g/mol. The summed E-state index contributed by atoms with van der Waals surface area (Å²) in [4.78, 5) is 42.2. The van der Waals surface area contributed by atoms with E-state index in [1.54, 1.807) is 31.7 Å². The lowest BCUT2D eigenvalue weighted by atomic mass is 9.99. The van der Waals surface area contributed by atoms with Crippen LogP contribution in [0.3, 0.4) is 0 Å². The van der Waals surface area contributed by atoms with Crippen LogP contribution in [0, 0.1) is 6.92 Å². The van der Waals surface area contributed by atoms with Crippen molar-refractivity contribution in [3.63, 3.8) is 0 Å². The molecule has 220 valence electrons. The molecular formula is C31H44ClN3O4S. The molecule has 2 rings (SSSR count). The Kier molecular flexibility index (Phi) is 13.3. The monoisotopic (exact) mass is 589 g/mol. The highest BCUT2D eigenvalue weighted by molar-refractivity contribution is 7.80. The first-order valence-corrected chi connectivity index (χ1v) is 15.0. The Balaban J connectivity index is 2.53. The van der Waals surface area contributed by atoms with Crippen molar-refractivity contribution < 1.29 is 19.1 Å². The second-order valence-electron chi connectivity index (χ2n) is 10.9. The topological polar surface area (TPSA) is 87.7 Å². The number of halogens is 1. The number of benzene rings is 2. The maximum absolute atomic E-state index is 14.1. The summed E-state index contributed by atoms with van der Waals surface area (Å²) < 4.78 is 5.39. The summed E-state index contributed by atoms with van der Waals surface area (Å²) in [6.45, 7) is 11.6. The normalized spacial score (nSPS) is 12.8. The molecule has 0 saturated carbocycles. The standard InChI is InChI=1S/C31H44ClN3O4S/c1-7-9-10-11-19-35(29(37)25(20-40)33-30(38)39-31(4,5)6)27(23-17-15-22(8-2)16-18-23)28(36)34-26-21(3)13-12-14-24(26)32/h12-18,25,27,40H,7-11,19-20H2,1-6H3,(H,33,38)(H,34,36). The molecule has 2 aromatic carbocycles. The van der Waals surface area contributed by atoms with E-state index < -0.39 is 29.7 Å². The number of thiol groups is 1. The zero-order valence-electron chi connectivity index (χ0n) is 24.6. The molecule has 40 heavy (non-hydrogen) atoms. The van der Waals surface area contributed by atoms with Crippen molar-refractivity contribution in [3.8, 4) is 0 Å². The third-order valence-corrected chi connectivity index (χ3v) is 7.12. The highest BCUT2D eigenvalue weighted by atomic mass is 35.5. The first kappa shape index (κ1) is 33.5. The van der Waals surface area contributed by atoms with Crippen molar-refractivity contribution in [1.29, 1.82) is 0 Å². The zero-order valence-corrected chi connectivity index (χ0v) is 26.2. The number of nitrogens with one attached hydrogen (secondary N) is 2. The number of alkyl carbamates (subject to hydrolysis) is 1. The molecule has 0 bridgehead atoms. The van der Waals surface area contributed by atoms with Gasteiger partial charge in [-0.15, -0.1) is 0 Å². The number of amides is 3. The molecule has 3 amide bonds. The first-order valence-electron chi connectivity index (χ1n) is 14.0. The van der Waals surface area contributed by atoms with Gasteiger partial charge in [0.15, 0.2) is 0 Å². The summed E-state index contributed by atoms with van der Waals surface area (Å²) >= 11 is 10.8. The molecule has 2 unspecified atom stereocenters. The van der Waals surface area contributed by atoms with Crippen molar-refractivity contribution in [3.05, 3.63) is 64.2 Å². The fraction of sp³-hybridized carbons (Fsp3) is 0.516. The van der Waals surface area contributed by atoms with Gasteiger partial charge in [-0.1, -0.05) is 81.1 Å². The van der Waals surface area contributed by atoms with E-state index >= 15 is 0 Å². The number of para-hydroxylation sites is 1. The van der Waals surface area contributed by atoms with Crippen LogP contribution in [0.1, 0.15) is 83.0 Å². The molecule has 0 aliphatic heterocycles. The zero-order chi connectivity index (χ0) is 29.9. The lowest BCUT2D eigenvalue weighted by molar-refractivity contribution is -0.140. The first-order chi connectivity index (χ1) is 18.9. The van der Waals surface area contributed by atoms with Gasteiger partial charge >= 0.3 is 6.09 Å². The van der Waals surface area contributed by atoms with Crippen LogP contribution in [0.5, 0.6) is 0 Å². The van der Waals surface area contributed by atoms with Crippen LogP contribution in [-0.2, 0) is 20.7 Å². The Morgan fingerprint density at radius 3 is 2.25 bits per heavy atom. The van der Waals surface area contributed by atoms with Gasteiger partial charge in [0, 0.05) is 12.3 Å². The summed E-state index contributed by atoms with van der Waals surface area (Å²) in [7, 11) is 0. The van der Waals surface area contributed by atoms with Gasteiger partial charge in [0.05, 0.1) is 10.7 Å². The number of ether oxygens (including phenoxy) is 1. The number of rotatable bonds is 13. The maximum Gasteiger partial charge on any atom is 0.408 e. The van der Waals surface area contributed by atoms with E-state index in [1.807, 2.05) is 43.3 Å². The Morgan fingerprint density at radius 2 is 1.70 bits per heavy atom. The minimum absolute atomic E-state index is 0.0380. The summed E-state index contributed by atoms with van der Waals surface area (Å²) in [5, 5.41) is 6.04. The van der Waals surface area contributed by atoms with Crippen molar-refractivity contribution in [1.82, 2.24) is 10.2 Å². The SMILES string of the molecule is CCCCCCN(C(=O)C(CS)NC(=O)OC(C)(C)C)C(C(=O)Nc1c(C)cccc1Cl)c1ccc(CC)cc1. The third-order valence-electron chi connectivity index (χ3n) is 6.44. The van der Waals surface area contributed by atoms with Gasteiger partial charge in [-0.25, -0.2) is 4.79 Å². The molecule has 0 fully saturated rings. The van der Waals surface area contributed by atoms with Crippen LogP contribution >= 0.6 is 24.2 Å². The summed E-state index contributed by atoms with van der Waals surface area (Å²) in [6, 6.07) is 11.1. The molecule has 2 N–H and O–H groups in total. The van der Waals surface area contributed by atoms with Gasteiger partial charge in [-0.2, -0.15) is 12.6 Å². The summed E-state index contributed by atoms with van der Waals surface area (Å²) in [5.74, 6) is -0.761. The Labute approximate surface area is 249 Å². The van der Waals surface area contributed by atoms with E-state index in [1.165, 1.54) is 0 Å². The van der Waals surface area contributed by atoms with Gasteiger partial charge in [-0.3, -0.25) is 9.59 Å². The van der Waals surface area contributed by atoms with E-state index in [2.05, 4.69) is 37.1 Å². The van der Waals surface area contributed by atoms with Gasteiger partial charge in [0.25, 0.3) is 5.91 Å². The highest BCUT2D eigenvalue weighted by Crippen LogP contribution is 2.30. The lowest BCUT2D eigenvalue weighted by Crippen LogP contribution is -2.53. The number of anilines is 1. The smallest absolute Gasteiger partial charge is 0.408 e. The molecule has 0 spiro atoms. The molecule has 0 radical (unpaired) electrons. The number of hydrogen-bond acceptors (Lipinski definition) is 5. The lowest BCUT2D eigenvalue weighted by Gasteiger charge is -2.34. The predicted molar refractivity (Wildman–Crippen MR) is 166 cm³/mol. The summed E-state index contributed by atoms with van der Waals surface area (Å²) in [5.41, 5.74) is 2.36. The highest BCUT2D eigenvalue weighted by Gasteiger charge is 2.36. The number of carbonyl (C=O) groups excluding carboxylic acids is 3. The fourth-order valence-corrected chi connectivity index (χ4v) is 4.82. The third kappa shape index (κ3) is 10.0. The van der Waals surface area contributed by atoms with E-state index in [4.69, 9.17) is 16.3 Å². The molecular weight excluding hydrogens is 546 g/mol. The molecule has 2 aromatic rings. The number of unbranched alkanes of at least 4 members (excludes halogenated alkanes) is 3. The predicted octanol–water partition coefficient (Wildman–Crippen LogP) is 7.12. The maximum atomic E-state index is 14.1. The number of hydrogen-bond donors (Lipinski definition) is 3. The van der Waals surface area contributed by atoms with Gasteiger partial charge in [0.2, 0.25) is 5.91 Å². The number of carbonyl (C=O) groups is 3. The molecule has 2 atom stereocenters. The molecule has 0 aliphatic rings. The van der Waals surface area contributed by atoms with Crippen molar-refractivity contribution >= 4 is 47.8 Å². The average Bonchev–Trinajstić information content (AvgIpc) is 2.90. The van der Waals surface area contributed by atoms with Gasteiger partial charge in [-0.05, 0) is 63.3 Å². The van der Waals surface area contributed by atoms with Gasteiger partial charge in [0.1, 0.15) is 17.7 Å². The second kappa shape index (κ2) is 15.9. The molecule has 0 aromatic heterocycles. The molecule has 0 aliphatic carbocycles. The quantitative estimate of drug-likeness (QED) is 0.171. The van der Waals surface area contributed by atoms with E-state index in [0.717, 1.165) is 36.8 Å². The second-order valence-corrected chi connectivity index (χ2v) is 11.7. The number of nitrogens with zero attached hydrogens (tertiary/aromatic N) is 1. The summed E-state index contributed by atoms with van der Waals surface area (Å²) in [6.07, 6.45) is 3.77. The van der Waals surface area contributed by atoms with Crippen LogP contribution in [0.25, 0.3) is 0 Å². The molecule has 9 heteroatoms. The van der Waals surface area contributed by atoms with Crippen LogP contribution in [0.15, 0.2) is 42.5 Å². The van der Waals surface area contributed by atoms with Crippen molar-refractivity contribution in [2.24, 2.45) is 0 Å². The largest absolute Gasteiger partial charge is 0.444 e. The van der Waals surface area contributed by atoms with Crippen LogP contribution in [-0.4, -0.2) is 46.7 Å². The van der Waals surface area contributed by atoms with Gasteiger partial charge < -0.3 is 20.3 Å². The van der Waals surface area contributed by atoms with Crippen molar-refractivity contribution in [2.45, 2.75) is 91.3 Å². The Morgan fingerprint density at radius 1 is 1.02 bits per heavy atom. The minimum Gasteiger partial charge on any atom is -0.444 e. The number of aryl methyl sites for hydroxylation is 2. The van der Waals surface area contributed by atoms with Crippen LogP contribution in [0.4, 0.5) is 10.5 Å². The van der Waals surface area contributed by atoms with E-state index in [-0.39, 0.29) is 11.7 Å². The van der Waals surface area contributed by atoms with E-state index in [9.17, 15) is 14.4 Å². The van der Waals surface area contributed by atoms with E-state index in [0.29, 0.717) is 29.2 Å². The van der Waals surface area contributed by atoms with Crippen LogP contribution in [0.2, 0.25) is 5.02 Å². The van der Waals surface area contributed by atoms with Crippen LogP contribution < -0.4 is 10.6 Å². The fourth-order valence-electron chi connectivity index (χ4n) is 4.30. The molecule has 7 nitrogen and oxygen atoms in total. The Bertz CT molecular complexity index is 1110. The molecule has 0 saturated heterocycles. The molecule has 0 heterocycles. The Hall–Kier alpha value is -2.71.